The molecule has 1 rings (SSSR count). The van der Waals surface area contributed by atoms with Gasteiger partial charge in [-0.1, -0.05) is 0 Å². The van der Waals surface area contributed by atoms with Crippen LogP contribution in [0.15, 0.2) is 15.8 Å². The highest BCUT2D eigenvalue weighted by molar-refractivity contribution is 5.85. The van der Waals surface area contributed by atoms with Gasteiger partial charge in [0.25, 0.3) is 5.56 Å². The molecule has 0 radical (unpaired) electrons. The van der Waals surface area contributed by atoms with Crippen LogP contribution < -0.4 is 17.0 Å². The Morgan fingerprint density at radius 1 is 1.50 bits per heavy atom. The van der Waals surface area contributed by atoms with Gasteiger partial charge in [0.1, 0.15) is 0 Å². The van der Waals surface area contributed by atoms with Gasteiger partial charge in [0.05, 0.1) is 6.61 Å². The zero-order chi connectivity index (χ0) is 9.84. The number of hydrogen-bond donors (Lipinski definition) is 4. The first-order valence-corrected chi connectivity index (χ1v) is 3.81. The SMILES string of the molecule is Cl.NC(CO)Cc1c[nH]c(=O)[nH]c1=O. The quantitative estimate of drug-likeness (QED) is 0.490. The molecule has 0 aromatic carbocycles. The van der Waals surface area contributed by atoms with E-state index in [1.165, 1.54) is 6.20 Å². The Hall–Kier alpha value is -1.11. The highest BCUT2D eigenvalue weighted by Crippen LogP contribution is 1.90. The molecule has 0 aliphatic heterocycles. The second-order valence-corrected chi connectivity index (χ2v) is 2.74. The van der Waals surface area contributed by atoms with Crippen molar-refractivity contribution in [1.29, 1.82) is 0 Å². The molecule has 0 aliphatic rings. The smallest absolute Gasteiger partial charge is 0.325 e. The van der Waals surface area contributed by atoms with Gasteiger partial charge in [-0.15, -0.1) is 12.4 Å². The number of rotatable bonds is 3. The van der Waals surface area contributed by atoms with Gasteiger partial charge < -0.3 is 15.8 Å². The Labute approximate surface area is 85.6 Å². The fourth-order valence-electron chi connectivity index (χ4n) is 0.936. The number of aromatic nitrogens is 2. The first-order valence-electron chi connectivity index (χ1n) is 3.81. The van der Waals surface area contributed by atoms with Gasteiger partial charge in [0, 0.05) is 17.8 Å². The molecule has 1 unspecified atom stereocenters. The highest BCUT2D eigenvalue weighted by Gasteiger charge is 2.05. The fourth-order valence-corrected chi connectivity index (χ4v) is 0.936. The highest BCUT2D eigenvalue weighted by atomic mass is 35.5. The molecule has 0 fully saturated rings. The molecule has 0 saturated carbocycles. The number of hydrogen-bond acceptors (Lipinski definition) is 4. The molecule has 6 nitrogen and oxygen atoms in total. The standard InChI is InChI=1S/C7H11N3O3.ClH/c8-5(3-11)1-4-2-9-7(13)10-6(4)12;/h2,5,11H,1,3,8H2,(H2,9,10,12,13);1H. The predicted molar refractivity (Wildman–Crippen MR) is 53.7 cm³/mol. The Kier molecular flexibility index (Phi) is 5.14. The van der Waals surface area contributed by atoms with Crippen molar-refractivity contribution in [2.24, 2.45) is 5.73 Å². The van der Waals surface area contributed by atoms with Gasteiger partial charge in [-0.25, -0.2) is 4.79 Å². The summed E-state index contributed by atoms with van der Waals surface area (Å²) in [7, 11) is 0. The van der Waals surface area contributed by atoms with Crippen LogP contribution in [0.25, 0.3) is 0 Å². The van der Waals surface area contributed by atoms with E-state index in [0.717, 1.165) is 0 Å². The topological polar surface area (TPSA) is 112 Å². The maximum atomic E-state index is 11.1. The van der Waals surface area contributed by atoms with Crippen LogP contribution in [0.1, 0.15) is 5.56 Å². The van der Waals surface area contributed by atoms with Crippen molar-refractivity contribution >= 4 is 12.4 Å². The first-order chi connectivity index (χ1) is 6.13. The first kappa shape index (κ1) is 12.9. The van der Waals surface area contributed by atoms with Crippen LogP contribution in [-0.4, -0.2) is 27.7 Å². The van der Waals surface area contributed by atoms with Crippen LogP contribution in [0.2, 0.25) is 0 Å². The zero-order valence-corrected chi connectivity index (χ0v) is 8.13. The van der Waals surface area contributed by atoms with E-state index < -0.39 is 17.3 Å². The van der Waals surface area contributed by atoms with Gasteiger partial charge in [0.2, 0.25) is 0 Å². The lowest BCUT2D eigenvalue weighted by molar-refractivity contribution is 0.265. The summed E-state index contributed by atoms with van der Waals surface area (Å²) in [6.45, 7) is -0.196. The van der Waals surface area contributed by atoms with Crippen LogP contribution in [0.5, 0.6) is 0 Å². The van der Waals surface area contributed by atoms with Gasteiger partial charge in [-0.3, -0.25) is 9.78 Å². The van der Waals surface area contributed by atoms with Crippen LogP contribution >= 0.6 is 12.4 Å². The van der Waals surface area contributed by atoms with Crippen LogP contribution in [0.4, 0.5) is 0 Å². The molecule has 0 amide bonds. The minimum absolute atomic E-state index is 0. The lowest BCUT2D eigenvalue weighted by atomic mass is 10.1. The number of nitrogens with one attached hydrogen (secondary N) is 2. The number of halogens is 1. The van der Waals surface area contributed by atoms with Gasteiger partial charge in [-0.2, -0.15) is 0 Å². The number of aliphatic hydroxyl groups is 1. The van der Waals surface area contributed by atoms with E-state index in [2.05, 4.69) is 9.97 Å². The lowest BCUT2D eigenvalue weighted by Crippen LogP contribution is -2.32. The number of nitrogens with two attached hydrogens (primary N) is 1. The van der Waals surface area contributed by atoms with Gasteiger partial charge >= 0.3 is 5.69 Å². The summed E-state index contributed by atoms with van der Waals surface area (Å²) in [6, 6.07) is -0.480. The van der Waals surface area contributed by atoms with Gasteiger partial charge in [-0.05, 0) is 6.42 Å². The van der Waals surface area contributed by atoms with Crippen molar-refractivity contribution in [3.8, 4) is 0 Å². The molecule has 14 heavy (non-hydrogen) atoms. The van der Waals surface area contributed by atoms with Crippen molar-refractivity contribution in [3.63, 3.8) is 0 Å². The number of aliphatic hydroxyl groups excluding tert-OH is 1. The van der Waals surface area contributed by atoms with Crippen molar-refractivity contribution in [3.05, 3.63) is 32.6 Å². The molecule has 1 aromatic rings. The summed E-state index contributed by atoms with van der Waals surface area (Å²) in [5, 5.41) is 8.63. The average Bonchev–Trinajstić information content (AvgIpc) is 2.09. The molecule has 1 heterocycles. The summed E-state index contributed by atoms with van der Waals surface area (Å²) in [5.41, 5.74) is 4.76. The minimum atomic E-state index is -0.550. The third-order valence-electron chi connectivity index (χ3n) is 1.61. The van der Waals surface area contributed by atoms with E-state index in [-0.39, 0.29) is 25.4 Å². The maximum absolute atomic E-state index is 11.1. The van der Waals surface area contributed by atoms with Crippen molar-refractivity contribution < 1.29 is 5.11 Å². The van der Waals surface area contributed by atoms with Gasteiger partial charge in [0.15, 0.2) is 0 Å². The minimum Gasteiger partial charge on any atom is -0.395 e. The van der Waals surface area contributed by atoms with Crippen molar-refractivity contribution in [2.45, 2.75) is 12.5 Å². The second kappa shape index (κ2) is 5.58. The van der Waals surface area contributed by atoms with Crippen LogP contribution in [-0.2, 0) is 6.42 Å². The van der Waals surface area contributed by atoms with Crippen molar-refractivity contribution in [2.75, 3.05) is 6.61 Å². The second-order valence-electron chi connectivity index (χ2n) is 2.74. The summed E-state index contributed by atoms with van der Waals surface area (Å²) in [6.07, 6.45) is 1.54. The molecule has 1 aromatic heterocycles. The Morgan fingerprint density at radius 2 is 2.14 bits per heavy atom. The molecule has 0 bridgehead atoms. The predicted octanol–water partition coefficient (Wildman–Crippen LogP) is -1.65. The molecule has 0 spiro atoms. The third-order valence-corrected chi connectivity index (χ3v) is 1.61. The average molecular weight is 222 g/mol. The summed E-state index contributed by atoms with van der Waals surface area (Å²) in [5.74, 6) is 0. The summed E-state index contributed by atoms with van der Waals surface area (Å²) in [4.78, 5) is 26.1. The molecule has 5 N–H and O–H groups in total. The molecule has 80 valence electrons. The molecule has 0 aliphatic carbocycles. The molecular weight excluding hydrogens is 210 g/mol. The van der Waals surface area contributed by atoms with Crippen LogP contribution in [0.3, 0.4) is 0 Å². The van der Waals surface area contributed by atoms with E-state index in [0.29, 0.717) is 5.56 Å². The normalized spacial score (nSPS) is 11.9. The third kappa shape index (κ3) is 3.33. The lowest BCUT2D eigenvalue weighted by Gasteiger charge is -2.05. The fraction of sp³-hybridized carbons (Fsp3) is 0.429. The van der Waals surface area contributed by atoms with E-state index in [4.69, 9.17) is 10.8 Å². The van der Waals surface area contributed by atoms with E-state index in [9.17, 15) is 9.59 Å². The molecule has 1 atom stereocenters. The van der Waals surface area contributed by atoms with Crippen LogP contribution in [0, 0.1) is 0 Å². The van der Waals surface area contributed by atoms with E-state index in [1.54, 1.807) is 0 Å². The monoisotopic (exact) mass is 221 g/mol. The Bertz CT molecular complexity index is 386. The Morgan fingerprint density at radius 3 is 2.64 bits per heavy atom. The number of H-pyrrole nitrogens is 2. The molecule has 0 saturated heterocycles. The summed E-state index contributed by atoms with van der Waals surface area (Å²) >= 11 is 0. The van der Waals surface area contributed by atoms with E-state index in [1.807, 2.05) is 0 Å². The van der Waals surface area contributed by atoms with Crippen molar-refractivity contribution in [1.82, 2.24) is 9.97 Å². The Balaban J connectivity index is 0.00000169. The van der Waals surface area contributed by atoms with E-state index >= 15 is 0 Å². The summed E-state index contributed by atoms with van der Waals surface area (Å²) < 4.78 is 0. The molecular formula is C7H12ClN3O3. The maximum Gasteiger partial charge on any atom is 0.325 e. The largest absolute Gasteiger partial charge is 0.395 e. The molecule has 7 heteroatoms. The number of aromatic amines is 2. The zero-order valence-electron chi connectivity index (χ0n) is 7.32.